The first-order valence-corrected chi connectivity index (χ1v) is 8.94. The van der Waals surface area contributed by atoms with Gasteiger partial charge in [-0.3, -0.25) is 4.79 Å². The van der Waals surface area contributed by atoms with E-state index in [0.717, 1.165) is 16.3 Å². The monoisotopic (exact) mass is 303 g/mol. The summed E-state index contributed by atoms with van der Waals surface area (Å²) in [6, 6.07) is 0. The third kappa shape index (κ3) is 4.58. The van der Waals surface area contributed by atoms with Crippen molar-refractivity contribution in [2.75, 3.05) is 11.5 Å². The Bertz CT molecular complexity index is 536. The summed E-state index contributed by atoms with van der Waals surface area (Å²) in [6.45, 7) is 0. The second kappa shape index (κ2) is 6.00. The van der Waals surface area contributed by atoms with E-state index < -0.39 is 15.8 Å². The van der Waals surface area contributed by atoms with Gasteiger partial charge in [0.15, 0.2) is 0 Å². The van der Waals surface area contributed by atoms with Gasteiger partial charge in [-0.1, -0.05) is 0 Å². The first-order chi connectivity index (χ1) is 8.94. The van der Waals surface area contributed by atoms with Crippen molar-refractivity contribution in [1.29, 1.82) is 0 Å². The minimum Gasteiger partial charge on any atom is -0.481 e. The van der Waals surface area contributed by atoms with Gasteiger partial charge in [-0.15, -0.1) is 11.3 Å². The van der Waals surface area contributed by atoms with Crippen LogP contribution >= 0.6 is 11.3 Å². The normalized spacial score (nSPS) is 19.4. The Morgan fingerprint density at radius 2 is 2.11 bits per heavy atom. The lowest BCUT2D eigenvalue weighted by Crippen LogP contribution is -2.24. The molecule has 1 saturated heterocycles. The molecular formula is C12H17NO4S2. The Labute approximate surface area is 116 Å². The SMILES string of the molecule is O=C(O)CCc1cnc(CC2CCS(=O)(=O)CC2)s1. The Kier molecular flexibility index (Phi) is 4.57. The van der Waals surface area contributed by atoms with Crippen molar-refractivity contribution < 1.29 is 18.3 Å². The number of rotatable bonds is 5. The maximum Gasteiger partial charge on any atom is 0.303 e. The van der Waals surface area contributed by atoms with Crippen LogP contribution in [0.1, 0.15) is 29.1 Å². The van der Waals surface area contributed by atoms with Crippen LogP contribution in [0.15, 0.2) is 6.20 Å². The number of aromatic nitrogens is 1. The predicted octanol–water partition coefficient (Wildman–Crippen LogP) is 1.53. The van der Waals surface area contributed by atoms with Crippen LogP contribution in [0, 0.1) is 5.92 Å². The summed E-state index contributed by atoms with van der Waals surface area (Å²) in [5, 5.41) is 9.61. The van der Waals surface area contributed by atoms with E-state index in [1.165, 1.54) is 0 Å². The number of carboxylic acids is 1. The molecule has 1 fully saturated rings. The van der Waals surface area contributed by atoms with Crippen LogP contribution in [0.2, 0.25) is 0 Å². The zero-order valence-electron chi connectivity index (χ0n) is 10.5. The molecule has 0 atom stereocenters. The minimum atomic E-state index is -2.80. The second-order valence-corrected chi connectivity index (χ2v) is 8.42. The van der Waals surface area contributed by atoms with E-state index in [1.807, 2.05) is 0 Å². The van der Waals surface area contributed by atoms with Gasteiger partial charge in [-0.25, -0.2) is 13.4 Å². The van der Waals surface area contributed by atoms with E-state index in [9.17, 15) is 13.2 Å². The summed E-state index contributed by atoms with van der Waals surface area (Å²) >= 11 is 1.54. The molecule has 0 aliphatic carbocycles. The van der Waals surface area contributed by atoms with Crippen molar-refractivity contribution in [2.24, 2.45) is 5.92 Å². The van der Waals surface area contributed by atoms with E-state index in [2.05, 4.69) is 4.98 Å². The maximum atomic E-state index is 11.3. The van der Waals surface area contributed by atoms with Gasteiger partial charge >= 0.3 is 5.97 Å². The Balaban J connectivity index is 1.85. The lowest BCUT2D eigenvalue weighted by molar-refractivity contribution is -0.136. The number of hydrogen-bond acceptors (Lipinski definition) is 5. The fourth-order valence-corrected chi connectivity index (χ4v) is 4.80. The zero-order chi connectivity index (χ0) is 13.9. The number of aryl methyl sites for hydroxylation is 1. The number of aliphatic carboxylic acids is 1. The van der Waals surface area contributed by atoms with Crippen LogP contribution in [0.5, 0.6) is 0 Å². The zero-order valence-corrected chi connectivity index (χ0v) is 12.2. The summed E-state index contributed by atoms with van der Waals surface area (Å²) in [4.78, 5) is 15.8. The van der Waals surface area contributed by atoms with Gasteiger partial charge in [0.2, 0.25) is 0 Å². The van der Waals surface area contributed by atoms with E-state index in [-0.39, 0.29) is 17.9 Å². The highest BCUT2D eigenvalue weighted by atomic mass is 32.2. The third-order valence-electron chi connectivity index (χ3n) is 3.32. The molecule has 0 radical (unpaired) electrons. The molecule has 0 unspecified atom stereocenters. The number of carboxylic acid groups (broad SMARTS) is 1. The second-order valence-electron chi connectivity index (χ2n) is 4.91. The van der Waals surface area contributed by atoms with Crippen molar-refractivity contribution in [3.63, 3.8) is 0 Å². The summed E-state index contributed by atoms with van der Waals surface area (Å²) in [6.07, 6.45) is 4.63. The standard InChI is InChI=1S/C12H17NO4S2/c14-12(15)2-1-10-8-13-11(18-10)7-9-3-5-19(16,17)6-4-9/h8-9H,1-7H2,(H,14,15). The van der Waals surface area contributed by atoms with Crippen LogP contribution in [-0.4, -0.2) is 36.0 Å². The smallest absolute Gasteiger partial charge is 0.303 e. The molecule has 2 heterocycles. The summed E-state index contributed by atoms with van der Waals surface area (Å²) in [5.74, 6) is 0.165. The van der Waals surface area contributed by atoms with Crippen molar-refractivity contribution >= 4 is 27.1 Å². The molecule has 1 aromatic heterocycles. The molecule has 1 aliphatic heterocycles. The van der Waals surface area contributed by atoms with Gasteiger partial charge in [-0.2, -0.15) is 0 Å². The molecule has 0 spiro atoms. The highest BCUT2D eigenvalue weighted by Gasteiger charge is 2.24. The van der Waals surface area contributed by atoms with Gasteiger partial charge in [0, 0.05) is 17.5 Å². The van der Waals surface area contributed by atoms with Gasteiger partial charge < -0.3 is 5.11 Å². The van der Waals surface area contributed by atoms with E-state index in [1.54, 1.807) is 17.5 Å². The highest BCUT2D eigenvalue weighted by molar-refractivity contribution is 7.91. The van der Waals surface area contributed by atoms with Crippen LogP contribution in [0.25, 0.3) is 0 Å². The summed E-state index contributed by atoms with van der Waals surface area (Å²) in [5.41, 5.74) is 0. The Hall–Kier alpha value is -0.950. The maximum absolute atomic E-state index is 11.3. The first-order valence-electron chi connectivity index (χ1n) is 6.30. The molecule has 0 bridgehead atoms. The fourth-order valence-electron chi connectivity index (χ4n) is 2.18. The van der Waals surface area contributed by atoms with Gasteiger partial charge in [0.1, 0.15) is 9.84 Å². The topological polar surface area (TPSA) is 84.3 Å². The van der Waals surface area contributed by atoms with E-state index in [4.69, 9.17) is 5.11 Å². The molecule has 0 amide bonds. The van der Waals surface area contributed by atoms with Gasteiger partial charge in [-0.05, 0) is 25.2 Å². The third-order valence-corrected chi connectivity index (χ3v) is 6.12. The van der Waals surface area contributed by atoms with Crippen LogP contribution in [-0.2, 0) is 27.5 Å². The van der Waals surface area contributed by atoms with Gasteiger partial charge in [0.05, 0.1) is 22.9 Å². The van der Waals surface area contributed by atoms with E-state index >= 15 is 0 Å². The molecule has 0 aromatic carbocycles. The summed E-state index contributed by atoms with van der Waals surface area (Å²) < 4.78 is 22.7. The highest BCUT2D eigenvalue weighted by Crippen LogP contribution is 2.25. The fraction of sp³-hybridized carbons (Fsp3) is 0.667. The average Bonchev–Trinajstić information content (AvgIpc) is 2.77. The predicted molar refractivity (Wildman–Crippen MR) is 73.2 cm³/mol. The molecule has 7 heteroatoms. The van der Waals surface area contributed by atoms with E-state index in [0.29, 0.717) is 25.2 Å². The average molecular weight is 303 g/mol. The molecule has 0 saturated carbocycles. The van der Waals surface area contributed by atoms with Crippen molar-refractivity contribution in [3.8, 4) is 0 Å². The molecule has 5 nitrogen and oxygen atoms in total. The molecule has 1 N–H and O–H groups in total. The number of nitrogens with zero attached hydrogens (tertiary/aromatic N) is 1. The van der Waals surface area contributed by atoms with Crippen molar-refractivity contribution in [3.05, 3.63) is 16.1 Å². The molecule has 19 heavy (non-hydrogen) atoms. The molecule has 106 valence electrons. The Morgan fingerprint density at radius 3 is 2.74 bits per heavy atom. The molecular weight excluding hydrogens is 286 g/mol. The van der Waals surface area contributed by atoms with Gasteiger partial charge in [0.25, 0.3) is 0 Å². The van der Waals surface area contributed by atoms with Crippen molar-refractivity contribution in [2.45, 2.75) is 32.1 Å². The van der Waals surface area contributed by atoms with Crippen LogP contribution in [0.4, 0.5) is 0 Å². The largest absolute Gasteiger partial charge is 0.481 e. The lowest BCUT2D eigenvalue weighted by atomic mass is 9.99. The number of sulfone groups is 1. The lowest BCUT2D eigenvalue weighted by Gasteiger charge is -2.20. The number of hydrogen-bond donors (Lipinski definition) is 1. The molecule has 1 aliphatic rings. The minimum absolute atomic E-state index is 0.128. The molecule has 2 rings (SSSR count). The first kappa shape index (κ1) is 14.5. The number of thiazole rings is 1. The quantitative estimate of drug-likeness (QED) is 0.891. The van der Waals surface area contributed by atoms with Crippen LogP contribution < -0.4 is 0 Å². The molecule has 1 aromatic rings. The van der Waals surface area contributed by atoms with Crippen molar-refractivity contribution in [1.82, 2.24) is 4.98 Å². The summed E-state index contributed by atoms with van der Waals surface area (Å²) in [7, 11) is -2.80. The Morgan fingerprint density at radius 1 is 1.42 bits per heavy atom. The van der Waals surface area contributed by atoms with Crippen LogP contribution in [0.3, 0.4) is 0 Å². The number of carbonyl (C=O) groups is 1.